The highest BCUT2D eigenvalue weighted by Crippen LogP contribution is 2.19. The van der Waals surface area contributed by atoms with Crippen LogP contribution < -0.4 is 16.0 Å². The van der Waals surface area contributed by atoms with Crippen molar-refractivity contribution < 1.29 is 9.59 Å². The Balaban J connectivity index is 1.72. The Labute approximate surface area is 144 Å². The van der Waals surface area contributed by atoms with Crippen LogP contribution in [0.4, 0.5) is 4.79 Å². The maximum absolute atomic E-state index is 12.3. The molecule has 5 heteroatoms. The molecule has 0 heterocycles. The Morgan fingerprint density at radius 1 is 1.08 bits per heavy atom. The highest BCUT2D eigenvalue weighted by atomic mass is 16.2. The van der Waals surface area contributed by atoms with Crippen LogP contribution in [0, 0.1) is 12.8 Å². The lowest BCUT2D eigenvalue weighted by Crippen LogP contribution is -2.47. The summed E-state index contributed by atoms with van der Waals surface area (Å²) >= 11 is 0. The number of aryl methyl sites for hydroxylation is 1. The molecule has 0 bridgehead atoms. The summed E-state index contributed by atoms with van der Waals surface area (Å²) in [6, 6.07) is 7.93. The first kappa shape index (κ1) is 18.3. The number of hydrogen-bond acceptors (Lipinski definition) is 2. The van der Waals surface area contributed by atoms with Gasteiger partial charge in [0.2, 0.25) is 0 Å². The Morgan fingerprint density at radius 2 is 1.71 bits per heavy atom. The van der Waals surface area contributed by atoms with Gasteiger partial charge in [-0.05, 0) is 50.7 Å². The zero-order valence-electron chi connectivity index (χ0n) is 14.9. The van der Waals surface area contributed by atoms with Crippen LogP contribution in [-0.4, -0.2) is 30.6 Å². The second kappa shape index (κ2) is 8.71. The first-order valence-corrected chi connectivity index (χ1v) is 8.86. The number of nitrogens with one attached hydrogen (secondary N) is 3. The predicted molar refractivity (Wildman–Crippen MR) is 96.1 cm³/mol. The van der Waals surface area contributed by atoms with E-state index in [-0.39, 0.29) is 24.0 Å². The average molecular weight is 331 g/mol. The van der Waals surface area contributed by atoms with Gasteiger partial charge in [-0.3, -0.25) is 4.79 Å². The van der Waals surface area contributed by atoms with Crippen molar-refractivity contribution in [2.75, 3.05) is 6.54 Å². The van der Waals surface area contributed by atoms with Gasteiger partial charge in [-0.2, -0.15) is 0 Å². The van der Waals surface area contributed by atoms with Gasteiger partial charge in [0.05, 0.1) is 0 Å². The summed E-state index contributed by atoms with van der Waals surface area (Å²) in [5, 5.41) is 9.01. The van der Waals surface area contributed by atoms with E-state index in [1.165, 1.54) is 0 Å². The molecule has 3 amide bonds. The third kappa shape index (κ3) is 5.87. The van der Waals surface area contributed by atoms with Crippen molar-refractivity contribution in [3.63, 3.8) is 0 Å². The molecule has 0 spiro atoms. The van der Waals surface area contributed by atoms with Crippen LogP contribution >= 0.6 is 0 Å². The summed E-state index contributed by atoms with van der Waals surface area (Å²) in [4.78, 5) is 24.1. The predicted octanol–water partition coefficient (Wildman–Crippen LogP) is 2.99. The number of benzene rings is 1. The minimum Gasteiger partial charge on any atom is -0.349 e. The number of amides is 3. The van der Waals surface area contributed by atoms with Gasteiger partial charge in [0.25, 0.3) is 5.91 Å². The molecule has 0 atom stereocenters. The maximum Gasteiger partial charge on any atom is 0.315 e. The molecule has 1 aromatic rings. The van der Waals surface area contributed by atoms with Gasteiger partial charge in [-0.25, -0.2) is 4.79 Å². The lowest BCUT2D eigenvalue weighted by molar-refractivity contribution is 0.0924. The molecule has 0 saturated heterocycles. The number of carbonyl (C=O) groups excluding carboxylic acids is 2. The monoisotopic (exact) mass is 331 g/mol. The van der Waals surface area contributed by atoms with Crippen LogP contribution in [0.3, 0.4) is 0 Å². The van der Waals surface area contributed by atoms with Crippen LogP contribution in [0.15, 0.2) is 24.3 Å². The molecule has 1 fully saturated rings. The third-order valence-corrected chi connectivity index (χ3v) is 4.35. The molecular weight excluding hydrogens is 302 g/mol. The molecular formula is C19H29N3O2. The number of urea groups is 1. The van der Waals surface area contributed by atoms with Gasteiger partial charge < -0.3 is 16.0 Å². The van der Waals surface area contributed by atoms with E-state index in [1.54, 1.807) is 0 Å². The fourth-order valence-corrected chi connectivity index (χ4v) is 2.97. The number of carbonyl (C=O) groups is 2. The molecule has 3 N–H and O–H groups in total. The molecule has 0 unspecified atom stereocenters. The third-order valence-electron chi connectivity index (χ3n) is 4.35. The quantitative estimate of drug-likeness (QED) is 0.776. The van der Waals surface area contributed by atoms with Gasteiger partial charge in [-0.1, -0.05) is 31.5 Å². The summed E-state index contributed by atoms with van der Waals surface area (Å²) < 4.78 is 0. The molecule has 0 aliphatic heterocycles. The minimum absolute atomic E-state index is 0.00946. The van der Waals surface area contributed by atoms with Crippen LogP contribution in [0.1, 0.15) is 55.5 Å². The molecule has 1 aromatic carbocycles. The summed E-state index contributed by atoms with van der Waals surface area (Å²) in [6.07, 6.45) is 3.58. The second-order valence-electron chi connectivity index (χ2n) is 7.14. The maximum atomic E-state index is 12.3. The van der Waals surface area contributed by atoms with Crippen molar-refractivity contribution >= 4 is 11.9 Å². The van der Waals surface area contributed by atoms with E-state index in [0.29, 0.717) is 18.0 Å². The number of rotatable bonds is 5. The highest BCUT2D eigenvalue weighted by molar-refractivity contribution is 5.94. The topological polar surface area (TPSA) is 70.2 Å². The molecule has 24 heavy (non-hydrogen) atoms. The molecule has 2 rings (SSSR count). The van der Waals surface area contributed by atoms with E-state index in [0.717, 1.165) is 31.2 Å². The summed E-state index contributed by atoms with van der Waals surface area (Å²) in [5.74, 6) is 0.438. The lowest BCUT2D eigenvalue weighted by atomic mass is 9.91. The standard InChI is InChI=1S/C19H29N3O2/c1-13(2)12-20-19(24)22-17-9-7-16(8-10-17)21-18(23)15-6-4-5-14(3)11-15/h4-6,11,13,16-17H,7-10,12H2,1-3H3,(H,21,23)(H2,20,22,24). The van der Waals surface area contributed by atoms with Crippen LogP contribution in [-0.2, 0) is 0 Å². The van der Waals surface area contributed by atoms with Gasteiger partial charge in [0, 0.05) is 24.2 Å². The van der Waals surface area contributed by atoms with Gasteiger partial charge >= 0.3 is 6.03 Å². The molecule has 0 aromatic heterocycles. The van der Waals surface area contributed by atoms with Gasteiger partial charge in [0.15, 0.2) is 0 Å². The fraction of sp³-hybridized carbons (Fsp3) is 0.579. The first-order chi connectivity index (χ1) is 11.4. The first-order valence-electron chi connectivity index (χ1n) is 8.86. The van der Waals surface area contributed by atoms with Crippen molar-refractivity contribution in [1.82, 2.24) is 16.0 Å². The van der Waals surface area contributed by atoms with E-state index >= 15 is 0 Å². The minimum atomic E-state index is -0.0871. The zero-order chi connectivity index (χ0) is 17.5. The van der Waals surface area contributed by atoms with E-state index in [2.05, 4.69) is 29.8 Å². The SMILES string of the molecule is Cc1cccc(C(=O)NC2CCC(NC(=O)NCC(C)C)CC2)c1. The van der Waals surface area contributed by atoms with Crippen LogP contribution in [0.5, 0.6) is 0 Å². The van der Waals surface area contributed by atoms with Crippen molar-refractivity contribution in [2.24, 2.45) is 5.92 Å². The Kier molecular flexibility index (Phi) is 6.64. The summed E-state index contributed by atoms with van der Waals surface area (Å²) in [7, 11) is 0. The fourth-order valence-electron chi connectivity index (χ4n) is 2.97. The Hall–Kier alpha value is -2.04. The Bertz CT molecular complexity index is 563. The lowest BCUT2D eigenvalue weighted by Gasteiger charge is -2.29. The Morgan fingerprint density at radius 3 is 2.29 bits per heavy atom. The molecule has 1 aliphatic rings. The largest absolute Gasteiger partial charge is 0.349 e. The molecule has 0 radical (unpaired) electrons. The molecule has 1 aliphatic carbocycles. The molecule has 132 valence electrons. The zero-order valence-corrected chi connectivity index (χ0v) is 14.9. The van der Waals surface area contributed by atoms with Crippen LogP contribution in [0.25, 0.3) is 0 Å². The van der Waals surface area contributed by atoms with E-state index in [1.807, 2.05) is 31.2 Å². The van der Waals surface area contributed by atoms with Gasteiger partial charge in [-0.15, -0.1) is 0 Å². The smallest absolute Gasteiger partial charge is 0.315 e. The summed E-state index contributed by atoms with van der Waals surface area (Å²) in [6.45, 7) is 6.82. The average Bonchev–Trinajstić information content (AvgIpc) is 2.55. The van der Waals surface area contributed by atoms with E-state index in [4.69, 9.17) is 0 Å². The van der Waals surface area contributed by atoms with Crippen molar-refractivity contribution in [1.29, 1.82) is 0 Å². The number of hydrogen-bond donors (Lipinski definition) is 3. The summed E-state index contributed by atoms with van der Waals surface area (Å²) in [5.41, 5.74) is 1.80. The molecule has 5 nitrogen and oxygen atoms in total. The van der Waals surface area contributed by atoms with Crippen molar-refractivity contribution in [3.8, 4) is 0 Å². The van der Waals surface area contributed by atoms with Crippen molar-refractivity contribution in [3.05, 3.63) is 35.4 Å². The van der Waals surface area contributed by atoms with E-state index < -0.39 is 0 Å². The molecule has 1 saturated carbocycles. The van der Waals surface area contributed by atoms with Crippen molar-refractivity contribution in [2.45, 2.75) is 58.5 Å². The van der Waals surface area contributed by atoms with Crippen LogP contribution in [0.2, 0.25) is 0 Å². The van der Waals surface area contributed by atoms with E-state index in [9.17, 15) is 9.59 Å². The second-order valence-corrected chi connectivity index (χ2v) is 7.14. The highest BCUT2D eigenvalue weighted by Gasteiger charge is 2.23. The van der Waals surface area contributed by atoms with Gasteiger partial charge in [0.1, 0.15) is 0 Å². The normalized spacial score (nSPS) is 20.5.